The van der Waals surface area contributed by atoms with Crippen molar-refractivity contribution in [3.05, 3.63) is 59.7 Å². The van der Waals surface area contributed by atoms with E-state index in [1.165, 1.54) is 0 Å². The highest BCUT2D eigenvalue weighted by molar-refractivity contribution is 7.86. The van der Waals surface area contributed by atoms with Crippen LogP contribution in [0.4, 0.5) is 13.2 Å². The van der Waals surface area contributed by atoms with Crippen molar-refractivity contribution in [3.63, 3.8) is 0 Å². The second kappa shape index (κ2) is 7.52. The van der Waals surface area contributed by atoms with Crippen LogP contribution >= 0.6 is 0 Å². The molecule has 2 atom stereocenters. The highest BCUT2D eigenvalue weighted by Gasteiger charge is 2.33. The molecular formula is C19H19F3O4S. The standard InChI is InChI=1S/C19H19F3O4S/c1-25-16-7-2-13(3-8-16)14-4-9-17(12-14)26-27(23,24)18-10-5-15(6-11-18)19(20,21)22/h2-3,5-8,10-11,14,17H,4,9,12H2,1H3/t14-,17+/m1/s1. The number of rotatable bonds is 5. The minimum atomic E-state index is -4.51. The molecule has 3 rings (SSSR count). The Labute approximate surface area is 156 Å². The molecule has 0 heterocycles. The molecule has 0 saturated heterocycles. The quantitative estimate of drug-likeness (QED) is 0.680. The lowest BCUT2D eigenvalue weighted by Gasteiger charge is -2.14. The van der Waals surface area contributed by atoms with Crippen molar-refractivity contribution < 1.29 is 30.5 Å². The Morgan fingerprint density at radius 2 is 1.59 bits per heavy atom. The van der Waals surface area contributed by atoms with Gasteiger partial charge in [0, 0.05) is 0 Å². The van der Waals surface area contributed by atoms with Gasteiger partial charge in [0.25, 0.3) is 10.1 Å². The predicted octanol–water partition coefficient (Wildman–Crippen LogP) is 4.76. The summed E-state index contributed by atoms with van der Waals surface area (Å²) in [6.45, 7) is 0. The van der Waals surface area contributed by atoms with E-state index in [1.54, 1.807) is 7.11 Å². The van der Waals surface area contributed by atoms with Crippen molar-refractivity contribution in [1.82, 2.24) is 0 Å². The van der Waals surface area contributed by atoms with Gasteiger partial charge in [0.1, 0.15) is 5.75 Å². The molecule has 27 heavy (non-hydrogen) atoms. The summed E-state index contributed by atoms with van der Waals surface area (Å²) in [6.07, 6.45) is -3.13. The third-order valence-electron chi connectivity index (χ3n) is 4.70. The lowest BCUT2D eigenvalue weighted by Crippen LogP contribution is -2.16. The van der Waals surface area contributed by atoms with E-state index in [1.807, 2.05) is 24.3 Å². The smallest absolute Gasteiger partial charge is 0.416 e. The van der Waals surface area contributed by atoms with Crippen LogP contribution in [0.1, 0.15) is 36.3 Å². The Kier molecular flexibility index (Phi) is 5.48. The van der Waals surface area contributed by atoms with Crippen molar-refractivity contribution in [2.75, 3.05) is 7.11 Å². The van der Waals surface area contributed by atoms with Crippen molar-refractivity contribution in [2.45, 2.75) is 42.4 Å². The van der Waals surface area contributed by atoms with Gasteiger partial charge < -0.3 is 4.74 Å². The minimum absolute atomic E-state index is 0.170. The Morgan fingerprint density at radius 1 is 0.963 bits per heavy atom. The number of benzene rings is 2. The first-order chi connectivity index (χ1) is 12.7. The maximum Gasteiger partial charge on any atom is 0.416 e. The zero-order valence-corrected chi connectivity index (χ0v) is 15.4. The van der Waals surface area contributed by atoms with Crippen molar-refractivity contribution in [1.29, 1.82) is 0 Å². The summed E-state index contributed by atoms with van der Waals surface area (Å²) in [6, 6.07) is 10.9. The van der Waals surface area contributed by atoms with E-state index in [2.05, 4.69) is 0 Å². The van der Waals surface area contributed by atoms with Gasteiger partial charge in [-0.1, -0.05) is 12.1 Å². The molecule has 146 valence electrons. The van der Waals surface area contributed by atoms with Crippen LogP contribution in [-0.4, -0.2) is 21.6 Å². The Bertz CT molecular complexity index is 875. The SMILES string of the molecule is COc1ccc([C@@H]2CC[C@H](OS(=O)(=O)c3ccc(C(F)(F)F)cc3)C2)cc1. The van der Waals surface area contributed by atoms with Crippen molar-refractivity contribution in [2.24, 2.45) is 0 Å². The van der Waals surface area contributed by atoms with E-state index in [-0.39, 0.29) is 10.8 Å². The molecule has 0 radical (unpaired) electrons. The molecule has 0 N–H and O–H groups in total. The molecule has 1 saturated carbocycles. The van der Waals surface area contributed by atoms with Gasteiger partial charge in [-0.05, 0) is 67.1 Å². The Hall–Kier alpha value is -2.06. The molecule has 1 fully saturated rings. The molecule has 0 aromatic heterocycles. The van der Waals surface area contributed by atoms with Crippen LogP contribution in [0.15, 0.2) is 53.4 Å². The first-order valence-electron chi connectivity index (χ1n) is 8.43. The fraction of sp³-hybridized carbons (Fsp3) is 0.368. The van der Waals surface area contributed by atoms with E-state index in [0.717, 1.165) is 42.0 Å². The summed E-state index contributed by atoms with van der Waals surface area (Å²) in [5.74, 6) is 0.915. The van der Waals surface area contributed by atoms with E-state index in [4.69, 9.17) is 8.92 Å². The molecule has 8 heteroatoms. The lowest BCUT2D eigenvalue weighted by molar-refractivity contribution is -0.137. The van der Waals surface area contributed by atoms with E-state index in [9.17, 15) is 21.6 Å². The molecule has 0 spiro atoms. The van der Waals surface area contributed by atoms with Crippen LogP contribution in [-0.2, 0) is 20.5 Å². The molecule has 2 aromatic rings. The summed E-state index contributed by atoms with van der Waals surface area (Å²) in [7, 11) is -2.53. The average molecular weight is 400 g/mol. The monoisotopic (exact) mass is 400 g/mol. The van der Waals surface area contributed by atoms with Crippen molar-refractivity contribution in [3.8, 4) is 5.75 Å². The number of hydrogen-bond donors (Lipinski definition) is 0. The zero-order valence-electron chi connectivity index (χ0n) is 14.6. The second-order valence-corrected chi connectivity index (χ2v) is 8.05. The Balaban J connectivity index is 1.66. The van der Waals surface area contributed by atoms with Crippen LogP contribution in [0, 0.1) is 0 Å². The van der Waals surface area contributed by atoms with Crippen LogP contribution in [0.3, 0.4) is 0 Å². The van der Waals surface area contributed by atoms with Crippen LogP contribution in [0.5, 0.6) is 5.75 Å². The van der Waals surface area contributed by atoms with Gasteiger partial charge in [0.15, 0.2) is 0 Å². The van der Waals surface area contributed by atoms with E-state index >= 15 is 0 Å². The fourth-order valence-corrected chi connectivity index (χ4v) is 4.37. The van der Waals surface area contributed by atoms with Gasteiger partial charge in [-0.15, -0.1) is 0 Å². The highest BCUT2D eigenvalue weighted by atomic mass is 32.2. The molecule has 1 aliphatic rings. The maximum atomic E-state index is 12.6. The first-order valence-corrected chi connectivity index (χ1v) is 9.84. The number of methoxy groups -OCH3 is 1. The molecule has 0 bridgehead atoms. The minimum Gasteiger partial charge on any atom is -0.497 e. The van der Waals surface area contributed by atoms with Crippen molar-refractivity contribution >= 4 is 10.1 Å². The third-order valence-corrected chi connectivity index (χ3v) is 6.08. The first kappa shape index (κ1) is 19.7. The van der Waals surface area contributed by atoms with E-state index in [0.29, 0.717) is 12.8 Å². The van der Waals surface area contributed by atoms with E-state index < -0.39 is 28.0 Å². The fourth-order valence-electron chi connectivity index (χ4n) is 3.25. The largest absolute Gasteiger partial charge is 0.497 e. The molecule has 4 nitrogen and oxygen atoms in total. The number of hydrogen-bond acceptors (Lipinski definition) is 4. The zero-order chi connectivity index (χ0) is 19.7. The number of ether oxygens (including phenoxy) is 1. The molecule has 0 amide bonds. The van der Waals surface area contributed by atoms with Gasteiger partial charge in [0.05, 0.1) is 23.7 Å². The predicted molar refractivity (Wildman–Crippen MR) is 93.1 cm³/mol. The van der Waals surface area contributed by atoms with Crippen LogP contribution in [0.2, 0.25) is 0 Å². The lowest BCUT2D eigenvalue weighted by atomic mass is 9.98. The summed E-state index contributed by atoms with van der Waals surface area (Å²) in [5.41, 5.74) is 0.177. The normalized spacial score (nSPS) is 20.6. The van der Waals surface area contributed by atoms with Gasteiger partial charge >= 0.3 is 6.18 Å². The number of alkyl halides is 3. The number of halogens is 3. The molecule has 0 unspecified atom stereocenters. The highest BCUT2D eigenvalue weighted by Crippen LogP contribution is 2.38. The van der Waals surface area contributed by atoms with Gasteiger partial charge in [0.2, 0.25) is 0 Å². The van der Waals surface area contributed by atoms with Gasteiger partial charge in [-0.25, -0.2) is 0 Å². The maximum absolute atomic E-state index is 12.6. The second-order valence-electron chi connectivity index (χ2n) is 6.48. The molecular weight excluding hydrogens is 381 g/mol. The topological polar surface area (TPSA) is 52.6 Å². The van der Waals surface area contributed by atoms with Crippen LogP contribution < -0.4 is 4.74 Å². The molecule has 1 aliphatic carbocycles. The summed E-state index contributed by atoms with van der Waals surface area (Å²) in [5, 5.41) is 0. The van der Waals surface area contributed by atoms with Gasteiger partial charge in [-0.3, -0.25) is 4.18 Å². The summed E-state index contributed by atoms with van der Waals surface area (Å²) < 4.78 is 72.9. The molecule has 0 aliphatic heterocycles. The summed E-state index contributed by atoms with van der Waals surface area (Å²) in [4.78, 5) is -0.275. The Morgan fingerprint density at radius 3 is 2.15 bits per heavy atom. The van der Waals surface area contributed by atoms with Crippen LogP contribution in [0.25, 0.3) is 0 Å². The molecule has 2 aromatic carbocycles. The third kappa shape index (κ3) is 4.62. The summed E-state index contributed by atoms with van der Waals surface area (Å²) >= 11 is 0. The average Bonchev–Trinajstić information content (AvgIpc) is 3.09. The van der Waals surface area contributed by atoms with Gasteiger partial charge in [-0.2, -0.15) is 21.6 Å².